The quantitative estimate of drug-likeness (QED) is 0.741. The molecule has 1 amide bonds. The molecule has 1 aromatic carbocycles. The summed E-state index contributed by atoms with van der Waals surface area (Å²) in [4.78, 5) is 14.6. The molecule has 3 N–H and O–H groups in total. The molecule has 0 radical (unpaired) electrons. The van der Waals surface area contributed by atoms with Gasteiger partial charge in [-0.25, -0.2) is 0 Å². The molecule has 1 fully saturated rings. The molecule has 0 aliphatic carbocycles. The summed E-state index contributed by atoms with van der Waals surface area (Å²) < 4.78 is 5.74. The normalized spacial score (nSPS) is 18.6. The van der Waals surface area contributed by atoms with Crippen molar-refractivity contribution in [2.24, 2.45) is 5.73 Å². The largest absolute Gasteiger partial charge is 0.492 e. The number of carbonyl (C=O) groups excluding carboxylic acids is 1. The molecule has 1 aromatic rings. The van der Waals surface area contributed by atoms with Crippen LogP contribution in [0.25, 0.3) is 0 Å². The summed E-state index contributed by atoms with van der Waals surface area (Å²) >= 11 is 5.86. The number of amides is 1. The van der Waals surface area contributed by atoms with E-state index in [1.165, 1.54) is 0 Å². The molecular formula is C19H30ClN3O2. The van der Waals surface area contributed by atoms with Gasteiger partial charge in [-0.1, -0.05) is 24.9 Å². The molecule has 0 bridgehead atoms. The number of nitrogens with zero attached hydrogens (tertiary/aromatic N) is 1. The number of nitrogens with one attached hydrogen (secondary N) is 1. The van der Waals surface area contributed by atoms with Crippen LogP contribution in [-0.4, -0.2) is 48.6 Å². The van der Waals surface area contributed by atoms with E-state index in [2.05, 4.69) is 10.2 Å². The second-order valence-electron chi connectivity index (χ2n) is 7.06. The molecule has 5 nitrogen and oxygen atoms in total. The molecule has 6 heteroatoms. The maximum absolute atomic E-state index is 12.3. The van der Waals surface area contributed by atoms with Gasteiger partial charge in [0.1, 0.15) is 12.4 Å². The van der Waals surface area contributed by atoms with E-state index < -0.39 is 5.54 Å². The minimum Gasteiger partial charge on any atom is -0.492 e. The van der Waals surface area contributed by atoms with E-state index in [1.807, 2.05) is 38.1 Å². The number of hydrogen-bond acceptors (Lipinski definition) is 4. The number of benzene rings is 1. The molecule has 0 saturated carbocycles. The molecule has 140 valence electrons. The predicted octanol–water partition coefficient (Wildman–Crippen LogP) is 2.82. The van der Waals surface area contributed by atoms with Gasteiger partial charge in [0, 0.05) is 30.7 Å². The van der Waals surface area contributed by atoms with Crippen molar-refractivity contribution in [1.82, 2.24) is 10.2 Å². The number of piperidine rings is 1. The first-order valence-electron chi connectivity index (χ1n) is 9.11. The van der Waals surface area contributed by atoms with Crippen molar-refractivity contribution in [2.75, 3.05) is 26.2 Å². The van der Waals surface area contributed by atoms with Crippen molar-refractivity contribution >= 4 is 17.5 Å². The molecule has 1 aliphatic rings. The van der Waals surface area contributed by atoms with Crippen molar-refractivity contribution in [3.05, 3.63) is 29.3 Å². The average molecular weight is 368 g/mol. The molecule has 1 heterocycles. The van der Waals surface area contributed by atoms with Crippen LogP contribution in [0.1, 0.15) is 39.5 Å². The Hall–Kier alpha value is -1.30. The van der Waals surface area contributed by atoms with Gasteiger partial charge in [0.2, 0.25) is 5.91 Å². The zero-order valence-corrected chi connectivity index (χ0v) is 16.0. The van der Waals surface area contributed by atoms with Gasteiger partial charge < -0.3 is 15.8 Å². The van der Waals surface area contributed by atoms with Gasteiger partial charge in [0.05, 0.1) is 5.54 Å². The topological polar surface area (TPSA) is 67.6 Å². The van der Waals surface area contributed by atoms with Crippen molar-refractivity contribution in [1.29, 1.82) is 0 Å². The van der Waals surface area contributed by atoms with Crippen LogP contribution in [0.4, 0.5) is 0 Å². The van der Waals surface area contributed by atoms with Gasteiger partial charge in [-0.15, -0.1) is 0 Å². The number of halogens is 1. The van der Waals surface area contributed by atoms with Gasteiger partial charge in [-0.3, -0.25) is 9.69 Å². The Labute approximate surface area is 155 Å². The lowest BCUT2D eigenvalue weighted by Gasteiger charge is -2.34. The standard InChI is InChI=1S/C19H30ClN3O2/c1-3-10-19(2,21)18(24)22-16-8-11-23(12-9-16)13-14-25-17-6-4-15(20)5-7-17/h4-7,16H,3,8-14,21H2,1-2H3,(H,22,24). The molecule has 25 heavy (non-hydrogen) atoms. The van der Waals surface area contributed by atoms with Gasteiger partial charge in [-0.2, -0.15) is 0 Å². The van der Waals surface area contributed by atoms with Crippen LogP contribution < -0.4 is 15.8 Å². The predicted molar refractivity (Wildman–Crippen MR) is 102 cm³/mol. The highest BCUT2D eigenvalue weighted by Gasteiger charge is 2.30. The number of likely N-dealkylation sites (tertiary alicyclic amines) is 1. The van der Waals surface area contributed by atoms with E-state index in [0.717, 1.165) is 44.6 Å². The SMILES string of the molecule is CCCC(C)(N)C(=O)NC1CCN(CCOc2ccc(Cl)cc2)CC1. The lowest BCUT2D eigenvalue weighted by molar-refractivity contribution is -0.127. The molecule has 2 rings (SSSR count). The maximum atomic E-state index is 12.3. The monoisotopic (exact) mass is 367 g/mol. The molecular weight excluding hydrogens is 338 g/mol. The summed E-state index contributed by atoms with van der Waals surface area (Å²) in [6.45, 7) is 7.32. The van der Waals surface area contributed by atoms with Crippen molar-refractivity contribution in [3.63, 3.8) is 0 Å². The summed E-state index contributed by atoms with van der Waals surface area (Å²) in [7, 11) is 0. The number of carbonyl (C=O) groups is 1. The van der Waals surface area contributed by atoms with Gasteiger partial charge in [0.25, 0.3) is 0 Å². The number of rotatable bonds is 8. The number of nitrogens with two attached hydrogens (primary N) is 1. The van der Waals surface area contributed by atoms with Crippen molar-refractivity contribution in [3.8, 4) is 5.75 Å². The first kappa shape index (κ1) is 20.0. The maximum Gasteiger partial charge on any atom is 0.240 e. The van der Waals surface area contributed by atoms with Gasteiger partial charge >= 0.3 is 0 Å². The van der Waals surface area contributed by atoms with Crippen LogP contribution in [0.5, 0.6) is 5.75 Å². The third-order valence-corrected chi connectivity index (χ3v) is 4.95. The van der Waals surface area contributed by atoms with Crippen molar-refractivity contribution in [2.45, 2.75) is 51.1 Å². The summed E-state index contributed by atoms with van der Waals surface area (Å²) in [6, 6.07) is 7.64. The molecule has 1 atom stereocenters. The third-order valence-electron chi connectivity index (χ3n) is 4.70. The number of ether oxygens (including phenoxy) is 1. The Morgan fingerprint density at radius 2 is 2.00 bits per heavy atom. The van der Waals surface area contributed by atoms with Crippen LogP contribution in [0.2, 0.25) is 5.02 Å². The van der Waals surface area contributed by atoms with Crippen LogP contribution in [0.15, 0.2) is 24.3 Å². The Morgan fingerprint density at radius 3 is 2.60 bits per heavy atom. The molecule has 0 spiro atoms. The minimum atomic E-state index is -0.766. The lowest BCUT2D eigenvalue weighted by Crippen LogP contribution is -2.56. The van der Waals surface area contributed by atoms with Crippen LogP contribution in [-0.2, 0) is 4.79 Å². The molecule has 1 unspecified atom stereocenters. The number of hydrogen-bond donors (Lipinski definition) is 2. The Morgan fingerprint density at radius 1 is 1.36 bits per heavy atom. The van der Waals surface area contributed by atoms with E-state index >= 15 is 0 Å². The highest BCUT2D eigenvalue weighted by molar-refractivity contribution is 6.30. The van der Waals surface area contributed by atoms with Crippen molar-refractivity contribution < 1.29 is 9.53 Å². The Bertz CT molecular complexity index is 540. The Balaban J connectivity index is 1.66. The smallest absolute Gasteiger partial charge is 0.240 e. The Kier molecular flexibility index (Phi) is 7.54. The molecule has 0 aromatic heterocycles. The zero-order chi connectivity index (χ0) is 18.3. The fourth-order valence-corrected chi connectivity index (χ4v) is 3.23. The first-order valence-corrected chi connectivity index (χ1v) is 9.49. The van der Waals surface area contributed by atoms with E-state index in [9.17, 15) is 4.79 Å². The van der Waals surface area contributed by atoms with E-state index in [4.69, 9.17) is 22.1 Å². The van der Waals surface area contributed by atoms with Crippen LogP contribution in [0, 0.1) is 0 Å². The van der Waals surface area contributed by atoms with Gasteiger partial charge in [0.15, 0.2) is 0 Å². The van der Waals surface area contributed by atoms with Gasteiger partial charge in [-0.05, 0) is 50.5 Å². The highest BCUT2D eigenvalue weighted by Crippen LogP contribution is 2.16. The minimum absolute atomic E-state index is 0.0288. The fraction of sp³-hybridized carbons (Fsp3) is 0.632. The third kappa shape index (κ3) is 6.49. The second kappa shape index (κ2) is 9.41. The summed E-state index contributed by atoms with van der Waals surface area (Å²) in [5.41, 5.74) is 5.33. The highest BCUT2D eigenvalue weighted by atomic mass is 35.5. The average Bonchev–Trinajstić information content (AvgIpc) is 2.58. The van der Waals surface area contributed by atoms with E-state index in [-0.39, 0.29) is 11.9 Å². The second-order valence-corrected chi connectivity index (χ2v) is 7.50. The van der Waals surface area contributed by atoms with Crippen LogP contribution >= 0.6 is 11.6 Å². The van der Waals surface area contributed by atoms with E-state index in [1.54, 1.807) is 0 Å². The lowest BCUT2D eigenvalue weighted by atomic mass is 9.95. The first-order chi connectivity index (χ1) is 11.9. The van der Waals surface area contributed by atoms with Crippen LogP contribution in [0.3, 0.4) is 0 Å². The summed E-state index contributed by atoms with van der Waals surface area (Å²) in [6.07, 6.45) is 3.52. The van der Waals surface area contributed by atoms with E-state index in [0.29, 0.717) is 18.1 Å². The zero-order valence-electron chi connectivity index (χ0n) is 15.3. The summed E-state index contributed by atoms with van der Waals surface area (Å²) in [5, 5.41) is 3.83. The molecule has 1 saturated heterocycles. The summed E-state index contributed by atoms with van der Waals surface area (Å²) in [5.74, 6) is 0.809. The fourth-order valence-electron chi connectivity index (χ4n) is 3.11. The molecule has 1 aliphatic heterocycles.